The molecule has 0 aromatic rings. The lowest BCUT2D eigenvalue weighted by atomic mass is 9.94. The molecule has 4 nitrogen and oxygen atoms in total. The summed E-state index contributed by atoms with van der Waals surface area (Å²) >= 11 is 0. The predicted molar refractivity (Wildman–Crippen MR) is 66.9 cm³/mol. The highest BCUT2D eigenvalue weighted by molar-refractivity contribution is 5.75. The monoisotopic (exact) mass is 243 g/mol. The predicted octanol–water partition coefficient (Wildman–Crippen LogP) is 1.87. The number of nitrogens with one attached hydrogen (secondary N) is 1. The minimum atomic E-state index is -0.295. The minimum absolute atomic E-state index is 0.143. The molecule has 17 heavy (non-hydrogen) atoms. The quantitative estimate of drug-likeness (QED) is 0.766. The third kappa shape index (κ3) is 3.68. The summed E-state index contributed by atoms with van der Waals surface area (Å²) in [6.07, 6.45) is 0.893. The number of hydrogen-bond acceptors (Lipinski definition) is 4. The van der Waals surface area contributed by atoms with Crippen LogP contribution in [0.2, 0.25) is 0 Å². The lowest BCUT2D eigenvalue weighted by Crippen LogP contribution is -2.50. The highest BCUT2D eigenvalue weighted by atomic mass is 16.5. The number of carbonyl (C=O) groups excluding carboxylic acids is 1. The van der Waals surface area contributed by atoms with Gasteiger partial charge < -0.3 is 9.47 Å². The van der Waals surface area contributed by atoms with Crippen LogP contribution in [0.4, 0.5) is 0 Å². The summed E-state index contributed by atoms with van der Waals surface area (Å²) in [7, 11) is 0. The van der Waals surface area contributed by atoms with Crippen molar-refractivity contribution < 1.29 is 14.3 Å². The van der Waals surface area contributed by atoms with Gasteiger partial charge in [0.15, 0.2) is 0 Å². The molecule has 1 saturated heterocycles. The van der Waals surface area contributed by atoms with Crippen LogP contribution in [0.15, 0.2) is 0 Å². The Bertz CT molecular complexity index is 286. The molecule has 1 fully saturated rings. The van der Waals surface area contributed by atoms with Crippen LogP contribution in [-0.4, -0.2) is 35.9 Å². The number of carbonyl (C=O) groups is 1. The molecule has 4 heteroatoms. The first-order chi connectivity index (χ1) is 7.68. The van der Waals surface area contributed by atoms with E-state index in [-0.39, 0.29) is 29.3 Å². The summed E-state index contributed by atoms with van der Waals surface area (Å²) < 4.78 is 11.0. The van der Waals surface area contributed by atoms with Gasteiger partial charge in [0.2, 0.25) is 0 Å². The van der Waals surface area contributed by atoms with Crippen LogP contribution in [0, 0.1) is 0 Å². The Morgan fingerprint density at radius 1 is 1.47 bits per heavy atom. The fourth-order valence-corrected chi connectivity index (χ4v) is 2.46. The molecule has 0 radical (unpaired) electrons. The molecule has 100 valence electrons. The molecular formula is C13H25NO3. The lowest BCUT2D eigenvalue weighted by molar-refractivity contribution is -0.145. The van der Waals surface area contributed by atoms with E-state index in [0.717, 1.165) is 6.42 Å². The van der Waals surface area contributed by atoms with Gasteiger partial charge in [-0.2, -0.15) is 0 Å². The molecule has 0 bridgehead atoms. The molecule has 2 unspecified atom stereocenters. The number of esters is 1. The number of ether oxygens (including phenoxy) is 2. The van der Waals surface area contributed by atoms with E-state index in [1.807, 2.05) is 13.8 Å². The van der Waals surface area contributed by atoms with Crippen molar-refractivity contribution in [2.75, 3.05) is 6.61 Å². The van der Waals surface area contributed by atoms with Crippen LogP contribution < -0.4 is 5.32 Å². The van der Waals surface area contributed by atoms with E-state index in [1.54, 1.807) is 0 Å². The Morgan fingerprint density at radius 2 is 2.06 bits per heavy atom. The summed E-state index contributed by atoms with van der Waals surface area (Å²) in [5.74, 6) is -0.201. The molecule has 2 atom stereocenters. The fourth-order valence-electron chi connectivity index (χ4n) is 2.46. The van der Waals surface area contributed by atoms with E-state index in [4.69, 9.17) is 9.47 Å². The molecule has 0 amide bonds. The Hall–Kier alpha value is -0.610. The molecule has 0 aromatic carbocycles. The van der Waals surface area contributed by atoms with Gasteiger partial charge in [0.25, 0.3) is 0 Å². The van der Waals surface area contributed by atoms with Crippen molar-refractivity contribution in [2.24, 2.45) is 0 Å². The maximum Gasteiger partial charge on any atom is 0.322 e. The second-order valence-electron chi connectivity index (χ2n) is 5.86. The van der Waals surface area contributed by atoms with Crippen molar-refractivity contribution in [3.63, 3.8) is 0 Å². The van der Waals surface area contributed by atoms with Crippen molar-refractivity contribution in [1.82, 2.24) is 5.32 Å². The maximum atomic E-state index is 11.6. The average molecular weight is 243 g/mol. The summed E-state index contributed by atoms with van der Waals surface area (Å²) in [6.45, 7) is 12.3. The van der Waals surface area contributed by atoms with Gasteiger partial charge in [0.05, 0.1) is 17.8 Å². The molecule has 0 aromatic heterocycles. The van der Waals surface area contributed by atoms with Gasteiger partial charge in [-0.25, -0.2) is 0 Å². The van der Waals surface area contributed by atoms with Gasteiger partial charge >= 0.3 is 5.97 Å². The van der Waals surface area contributed by atoms with E-state index in [0.29, 0.717) is 6.61 Å². The fraction of sp³-hybridized carbons (Fsp3) is 0.923. The van der Waals surface area contributed by atoms with E-state index in [2.05, 4.69) is 33.0 Å². The third-order valence-corrected chi connectivity index (χ3v) is 3.17. The van der Waals surface area contributed by atoms with Gasteiger partial charge in [-0.15, -0.1) is 0 Å². The zero-order valence-corrected chi connectivity index (χ0v) is 11.8. The minimum Gasteiger partial charge on any atom is -0.465 e. The summed E-state index contributed by atoms with van der Waals surface area (Å²) in [4.78, 5) is 11.6. The van der Waals surface area contributed by atoms with Gasteiger partial charge in [0.1, 0.15) is 6.04 Å². The summed E-state index contributed by atoms with van der Waals surface area (Å²) in [6, 6.07) is -0.131. The highest BCUT2D eigenvalue weighted by Crippen LogP contribution is 2.37. The molecule has 0 spiro atoms. The maximum absolute atomic E-state index is 11.6. The Kier molecular flexibility index (Phi) is 4.20. The van der Waals surface area contributed by atoms with Crippen molar-refractivity contribution in [3.8, 4) is 0 Å². The van der Waals surface area contributed by atoms with E-state index in [9.17, 15) is 4.79 Å². The molecule has 1 N–H and O–H groups in total. The molecule has 1 aliphatic rings. The standard InChI is InChI=1S/C13H25NO3/c1-7-16-11(15)9(2)14-10-8-12(3,4)17-13(10,5)6/h9-10,14H,7-8H2,1-6H3. The lowest BCUT2D eigenvalue weighted by Gasteiger charge is -2.29. The second-order valence-corrected chi connectivity index (χ2v) is 5.86. The zero-order chi connectivity index (χ0) is 13.3. The van der Waals surface area contributed by atoms with E-state index >= 15 is 0 Å². The first-order valence-electron chi connectivity index (χ1n) is 6.31. The topological polar surface area (TPSA) is 47.6 Å². The number of hydrogen-bond donors (Lipinski definition) is 1. The normalized spacial score (nSPS) is 27.8. The molecule has 0 aliphatic carbocycles. The number of rotatable bonds is 4. The van der Waals surface area contributed by atoms with Crippen LogP contribution >= 0.6 is 0 Å². The van der Waals surface area contributed by atoms with Crippen molar-refractivity contribution in [3.05, 3.63) is 0 Å². The van der Waals surface area contributed by atoms with Gasteiger partial charge in [-0.3, -0.25) is 10.1 Å². The van der Waals surface area contributed by atoms with Crippen LogP contribution in [-0.2, 0) is 14.3 Å². The van der Waals surface area contributed by atoms with Gasteiger partial charge in [-0.1, -0.05) is 0 Å². The Balaban J connectivity index is 2.60. The van der Waals surface area contributed by atoms with Crippen LogP contribution in [0.5, 0.6) is 0 Å². The van der Waals surface area contributed by atoms with Crippen molar-refractivity contribution >= 4 is 5.97 Å². The molecule has 1 aliphatic heterocycles. The van der Waals surface area contributed by atoms with Crippen molar-refractivity contribution in [1.29, 1.82) is 0 Å². The smallest absolute Gasteiger partial charge is 0.322 e. The van der Waals surface area contributed by atoms with Crippen LogP contribution in [0.25, 0.3) is 0 Å². The van der Waals surface area contributed by atoms with Gasteiger partial charge in [-0.05, 0) is 48.0 Å². The van der Waals surface area contributed by atoms with Crippen LogP contribution in [0.1, 0.15) is 48.0 Å². The Labute approximate surface area is 104 Å². The van der Waals surface area contributed by atoms with Crippen LogP contribution in [0.3, 0.4) is 0 Å². The van der Waals surface area contributed by atoms with E-state index in [1.165, 1.54) is 0 Å². The largest absolute Gasteiger partial charge is 0.465 e. The third-order valence-electron chi connectivity index (χ3n) is 3.17. The van der Waals surface area contributed by atoms with Gasteiger partial charge in [0, 0.05) is 6.04 Å². The summed E-state index contributed by atoms with van der Waals surface area (Å²) in [5.41, 5.74) is -0.403. The first kappa shape index (κ1) is 14.5. The first-order valence-corrected chi connectivity index (χ1v) is 6.31. The second kappa shape index (κ2) is 4.94. The Morgan fingerprint density at radius 3 is 2.47 bits per heavy atom. The highest BCUT2D eigenvalue weighted by Gasteiger charge is 2.46. The molecular weight excluding hydrogens is 218 g/mol. The average Bonchev–Trinajstić information content (AvgIpc) is 2.34. The van der Waals surface area contributed by atoms with Crippen molar-refractivity contribution in [2.45, 2.75) is 71.2 Å². The SMILES string of the molecule is CCOC(=O)C(C)NC1CC(C)(C)OC1(C)C. The molecule has 1 rings (SSSR count). The zero-order valence-electron chi connectivity index (χ0n) is 11.8. The molecule has 1 heterocycles. The summed E-state index contributed by atoms with van der Waals surface area (Å²) in [5, 5.41) is 3.31. The molecule has 0 saturated carbocycles. The van der Waals surface area contributed by atoms with E-state index < -0.39 is 0 Å².